The third-order valence-electron chi connectivity index (χ3n) is 3.30. The van der Waals surface area contributed by atoms with Crippen molar-refractivity contribution in [3.63, 3.8) is 0 Å². The van der Waals surface area contributed by atoms with Gasteiger partial charge in [0.1, 0.15) is 12.2 Å². The maximum absolute atomic E-state index is 9.97. The number of hydrogen-bond donors (Lipinski definition) is 1. The van der Waals surface area contributed by atoms with Crippen molar-refractivity contribution in [2.24, 2.45) is 7.05 Å². The van der Waals surface area contributed by atoms with Crippen LogP contribution in [0.1, 0.15) is 37.9 Å². The molecule has 0 spiro atoms. The van der Waals surface area contributed by atoms with Crippen LogP contribution in [-0.2, 0) is 13.5 Å². The fourth-order valence-corrected chi connectivity index (χ4v) is 3.53. The lowest BCUT2D eigenvalue weighted by Gasteiger charge is -2.22. The average molecular weight is 255 g/mol. The smallest absolute Gasteiger partial charge is 0.138 e. The molecule has 1 heterocycles. The third-order valence-corrected chi connectivity index (χ3v) is 4.82. The highest BCUT2D eigenvalue weighted by Crippen LogP contribution is 2.28. The fraction of sp³-hybridized carbons (Fsp3) is 0.833. The molecule has 1 atom stereocenters. The van der Waals surface area contributed by atoms with Gasteiger partial charge in [0, 0.05) is 24.5 Å². The van der Waals surface area contributed by atoms with Crippen molar-refractivity contribution in [2.45, 2.75) is 49.9 Å². The van der Waals surface area contributed by atoms with E-state index in [-0.39, 0.29) is 6.10 Å². The maximum Gasteiger partial charge on any atom is 0.138 e. The standard InChI is InChI=1S/C12H21N3OS/c1-15-12(13-9-14-15)7-10(16)8-17-11-5-3-2-4-6-11/h9-11,16H,2-8H2,1H3. The molecule has 2 rings (SSSR count). The zero-order valence-corrected chi connectivity index (χ0v) is 11.2. The van der Waals surface area contributed by atoms with Gasteiger partial charge in [0.25, 0.3) is 0 Å². The van der Waals surface area contributed by atoms with E-state index in [1.165, 1.54) is 38.4 Å². The van der Waals surface area contributed by atoms with Gasteiger partial charge in [0.05, 0.1) is 6.10 Å². The van der Waals surface area contributed by atoms with E-state index >= 15 is 0 Å². The van der Waals surface area contributed by atoms with Gasteiger partial charge in [-0.05, 0) is 12.8 Å². The van der Waals surface area contributed by atoms with E-state index in [0.29, 0.717) is 6.42 Å². The second kappa shape index (κ2) is 6.40. The minimum atomic E-state index is -0.301. The van der Waals surface area contributed by atoms with Crippen molar-refractivity contribution >= 4 is 11.8 Å². The zero-order chi connectivity index (χ0) is 12.1. The quantitative estimate of drug-likeness (QED) is 0.871. The third kappa shape index (κ3) is 4.00. The monoisotopic (exact) mass is 255 g/mol. The SMILES string of the molecule is Cn1ncnc1CC(O)CSC1CCCCC1. The summed E-state index contributed by atoms with van der Waals surface area (Å²) in [5.41, 5.74) is 0. The normalized spacial score (nSPS) is 19.4. The summed E-state index contributed by atoms with van der Waals surface area (Å²) >= 11 is 1.93. The van der Waals surface area contributed by atoms with Crippen LogP contribution in [0.5, 0.6) is 0 Å². The molecule has 0 aromatic carbocycles. The predicted octanol–water partition coefficient (Wildman–Crippen LogP) is 1.78. The first-order valence-electron chi connectivity index (χ1n) is 6.38. The number of thioether (sulfide) groups is 1. The van der Waals surface area contributed by atoms with Crippen molar-refractivity contribution in [1.29, 1.82) is 0 Å². The van der Waals surface area contributed by atoms with Crippen LogP contribution in [0, 0.1) is 0 Å². The highest BCUT2D eigenvalue weighted by Gasteiger charge is 2.16. The van der Waals surface area contributed by atoms with Crippen LogP contribution >= 0.6 is 11.8 Å². The van der Waals surface area contributed by atoms with Gasteiger partial charge < -0.3 is 5.11 Å². The summed E-state index contributed by atoms with van der Waals surface area (Å²) in [5.74, 6) is 1.68. The Morgan fingerprint density at radius 3 is 2.88 bits per heavy atom. The maximum atomic E-state index is 9.97. The van der Waals surface area contributed by atoms with Crippen molar-refractivity contribution in [2.75, 3.05) is 5.75 Å². The molecule has 1 aliphatic rings. The van der Waals surface area contributed by atoms with Gasteiger partial charge in [-0.25, -0.2) is 4.98 Å². The van der Waals surface area contributed by atoms with Crippen LogP contribution < -0.4 is 0 Å². The molecule has 4 nitrogen and oxygen atoms in total. The largest absolute Gasteiger partial charge is 0.392 e. The number of aliphatic hydroxyl groups is 1. The number of aryl methyl sites for hydroxylation is 1. The van der Waals surface area contributed by atoms with Crippen LogP contribution in [0.4, 0.5) is 0 Å². The summed E-state index contributed by atoms with van der Waals surface area (Å²) in [7, 11) is 1.86. The van der Waals surface area contributed by atoms with Gasteiger partial charge in [0.2, 0.25) is 0 Å². The van der Waals surface area contributed by atoms with E-state index < -0.39 is 0 Å². The second-order valence-electron chi connectivity index (χ2n) is 4.75. The van der Waals surface area contributed by atoms with Crippen LogP contribution in [-0.4, -0.2) is 37.0 Å². The molecule has 0 radical (unpaired) electrons. The molecule has 1 N–H and O–H groups in total. The highest BCUT2D eigenvalue weighted by atomic mass is 32.2. The lowest BCUT2D eigenvalue weighted by atomic mass is 10.0. The van der Waals surface area contributed by atoms with Crippen LogP contribution in [0.3, 0.4) is 0 Å². The predicted molar refractivity (Wildman–Crippen MR) is 70.0 cm³/mol. The van der Waals surface area contributed by atoms with Crippen molar-refractivity contribution in [3.05, 3.63) is 12.2 Å². The first-order chi connectivity index (χ1) is 8.25. The Labute approximate surface area is 107 Å². The van der Waals surface area contributed by atoms with E-state index in [1.54, 1.807) is 4.68 Å². The molecule has 1 unspecified atom stereocenters. The number of aliphatic hydroxyl groups excluding tert-OH is 1. The Bertz CT molecular complexity index is 336. The summed E-state index contributed by atoms with van der Waals surface area (Å²) in [6.45, 7) is 0. The summed E-state index contributed by atoms with van der Waals surface area (Å²) < 4.78 is 1.73. The average Bonchev–Trinajstić information content (AvgIpc) is 2.74. The van der Waals surface area contributed by atoms with Gasteiger partial charge in [-0.2, -0.15) is 16.9 Å². The Kier molecular flexibility index (Phi) is 4.86. The number of rotatable bonds is 5. The molecule has 1 aromatic heterocycles. The van der Waals surface area contributed by atoms with Crippen molar-refractivity contribution in [3.8, 4) is 0 Å². The molecule has 1 aliphatic carbocycles. The van der Waals surface area contributed by atoms with Crippen LogP contribution in [0.2, 0.25) is 0 Å². The Morgan fingerprint density at radius 1 is 1.47 bits per heavy atom. The van der Waals surface area contributed by atoms with Gasteiger partial charge in [-0.3, -0.25) is 4.68 Å². The van der Waals surface area contributed by atoms with Gasteiger partial charge >= 0.3 is 0 Å². The number of aromatic nitrogens is 3. The molecule has 5 heteroatoms. The molecule has 0 aliphatic heterocycles. The van der Waals surface area contributed by atoms with Crippen LogP contribution in [0.15, 0.2) is 6.33 Å². The molecule has 1 aromatic rings. The Balaban J connectivity index is 1.70. The van der Waals surface area contributed by atoms with Crippen LogP contribution in [0.25, 0.3) is 0 Å². The minimum Gasteiger partial charge on any atom is -0.392 e. The van der Waals surface area contributed by atoms with Crippen molar-refractivity contribution in [1.82, 2.24) is 14.8 Å². The molecule has 1 fully saturated rings. The molecule has 1 saturated carbocycles. The van der Waals surface area contributed by atoms with E-state index in [4.69, 9.17) is 0 Å². The summed E-state index contributed by atoms with van der Waals surface area (Å²) in [6.07, 6.45) is 8.59. The van der Waals surface area contributed by atoms with E-state index in [9.17, 15) is 5.11 Å². The molecule has 0 amide bonds. The summed E-state index contributed by atoms with van der Waals surface area (Å²) in [4.78, 5) is 4.13. The molecule has 17 heavy (non-hydrogen) atoms. The molecular formula is C12H21N3OS. The van der Waals surface area contributed by atoms with Crippen molar-refractivity contribution < 1.29 is 5.11 Å². The summed E-state index contributed by atoms with van der Waals surface area (Å²) in [5, 5.41) is 14.7. The van der Waals surface area contributed by atoms with Gasteiger partial charge in [-0.15, -0.1) is 0 Å². The van der Waals surface area contributed by atoms with E-state index in [0.717, 1.165) is 16.8 Å². The fourth-order valence-electron chi connectivity index (χ4n) is 2.25. The molecule has 96 valence electrons. The van der Waals surface area contributed by atoms with Gasteiger partial charge in [0.15, 0.2) is 0 Å². The van der Waals surface area contributed by atoms with E-state index in [2.05, 4.69) is 10.1 Å². The minimum absolute atomic E-state index is 0.301. The molecule has 0 saturated heterocycles. The Hall–Kier alpha value is -0.550. The number of hydrogen-bond acceptors (Lipinski definition) is 4. The Morgan fingerprint density at radius 2 is 2.24 bits per heavy atom. The molecular weight excluding hydrogens is 234 g/mol. The first-order valence-corrected chi connectivity index (χ1v) is 7.43. The number of nitrogens with zero attached hydrogens (tertiary/aromatic N) is 3. The second-order valence-corrected chi connectivity index (χ2v) is 6.08. The summed E-state index contributed by atoms with van der Waals surface area (Å²) in [6, 6.07) is 0. The topological polar surface area (TPSA) is 50.9 Å². The zero-order valence-electron chi connectivity index (χ0n) is 10.4. The van der Waals surface area contributed by atoms with Gasteiger partial charge in [-0.1, -0.05) is 19.3 Å². The lowest BCUT2D eigenvalue weighted by Crippen LogP contribution is -2.19. The highest BCUT2D eigenvalue weighted by molar-refractivity contribution is 7.99. The molecule has 0 bridgehead atoms. The van der Waals surface area contributed by atoms with E-state index in [1.807, 2.05) is 18.8 Å². The lowest BCUT2D eigenvalue weighted by molar-refractivity contribution is 0.196. The first kappa shape index (κ1) is 12.9.